The molecule has 1 aliphatic rings. The van der Waals surface area contributed by atoms with Crippen molar-refractivity contribution in [2.24, 2.45) is 0 Å². The summed E-state index contributed by atoms with van der Waals surface area (Å²) >= 11 is 0. The van der Waals surface area contributed by atoms with Crippen molar-refractivity contribution in [2.75, 3.05) is 0 Å². The van der Waals surface area contributed by atoms with E-state index >= 15 is 0 Å². The number of aryl methyl sites for hydroxylation is 1. The van der Waals surface area contributed by atoms with E-state index in [1.807, 2.05) is 18.2 Å². The van der Waals surface area contributed by atoms with Gasteiger partial charge in [-0.2, -0.15) is 0 Å². The fraction of sp³-hybridized carbons (Fsp3) is 0.357. The SMILES string of the molecule is O=c1oc2ccccc2c2c1CCCCC2. The van der Waals surface area contributed by atoms with Gasteiger partial charge >= 0.3 is 5.63 Å². The molecule has 0 N–H and O–H groups in total. The first-order chi connectivity index (χ1) is 7.86. The molecule has 0 radical (unpaired) electrons. The molecule has 2 nitrogen and oxygen atoms in total. The monoisotopic (exact) mass is 214 g/mol. The maximum Gasteiger partial charge on any atom is 0.339 e. The molecule has 1 aliphatic carbocycles. The lowest BCUT2D eigenvalue weighted by Crippen LogP contribution is -2.10. The Morgan fingerprint density at radius 3 is 2.56 bits per heavy atom. The van der Waals surface area contributed by atoms with Crippen LogP contribution in [-0.4, -0.2) is 0 Å². The van der Waals surface area contributed by atoms with Crippen LogP contribution in [0.25, 0.3) is 11.0 Å². The van der Waals surface area contributed by atoms with Crippen LogP contribution in [0.2, 0.25) is 0 Å². The molecule has 3 rings (SSSR count). The summed E-state index contributed by atoms with van der Waals surface area (Å²) < 4.78 is 5.36. The summed E-state index contributed by atoms with van der Waals surface area (Å²) in [5.41, 5.74) is 2.74. The zero-order chi connectivity index (χ0) is 11.0. The van der Waals surface area contributed by atoms with Crippen molar-refractivity contribution in [1.29, 1.82) is 0 Å². The van der Waals surface area contributed by atoms with Gasteiger partial charge in [0.1, 0.15) is 5.58 Å². The Labute approximate surface area is 93.9 Å². The van der Waals surface area contributed by atoms with Gasteiger partial charge in [-0.15, -0.1) is 0 Å². The third kappa shape index (κ3) is 1.45. The van der Waals surface area contributed by atoms with Crippen molar-refractivity contribution in [1.82, 2.24) is 0 Å². The van der Waals surface area contributed by atoms with E-state index in [0.717, 1.165) is 35.8 Å². The van der Waals surface area contributed by atoms with Gasteiger partial charge in [-0.1, -0.05) is 24.6 Å². The minimum Gasteiger partial charge on any atom is -0.423 e. The predicted molar refractivity (Wildman–Crippen MR) is 63.7 cm³/mol. The van der Waals surface area contributed by atoms with E-state index in [1.165, 1.54) is 18.4 Å². The van der Waals surface area contributed by atoms with Crippen LogP contribution in [0.15, 0.2) is 33.5 Å². The molecule has 0 atom stereocenters. The highest BCUT2D eigenvalue weighted by Gasteiger charge is 2.16. The molecular weight excluding hydrogens is 200 g/mol. The Hall–Kier alpha value is -1.57. The molecule has 0 amide bonds. The van der Waals surface area contributed by atoms with Gasteiger partial charge in [0.05, 0.1) is 0 Å². The first-order valence-corrected chi connectivity index (χ1v) is 5.90. The lowest BCUT2D eigenvalue weighted by Gasteiger charge is -2.07. The lowest BCUT2D eigenvalue weighted by atomic mass is 10.0. The second-order valence-corrected chi connectivity index (χ2v) is 4.40. The summed E-state index contributed by atoms with van der Waals surface area (Å²) in [5, 5.41) is 1.12. The number of para-hydroxylation sites is 1. The van der Waals surface area contributed by atoms with Crippen LogP contribution in [0.4, 0.5) is 0 Å². The van der Waals surface area contributed by atoms with E-state index in [9.17, 15) is 4.79 Å². The molecule has 0 saturated carbocycles. The van der Waals surface area contributed by atoms with Gasteiger partial charge in [0, 0.05) is 10.9 Å². The summed E-state index contributed by atoms with van der Waals surface area (Å²) in [5.74, 6) is 0. The number of benzene rings is 1. The first-order valence-electron chi connectivity index (χ1n) is 5.90. The Bertz CT molecular complexity index is 581. The van der Waals surface area contributed by atoms with Crippen LogP contribution in [0, 0.1) is 0 Å². The second-order valence-electron chi connectivity index (χ2n) is 4.40. The molecule has 2 heteroatoms. The van der Waals surface area contributed by atoms with Gasteiger partial charge in [0.15, 0.2) is 0 Å². The van der Waals surface area contributed by atoms with Crippen LogP contribution in [-0.2, 0) is 12.8 Å². The molecule has 2 aromatic rings. The molecule has 0 fully saturated rings. The van der Waals surface area contributed by atoms with Gasteiger partial charge in [0.2, 0.25) is 0 Å². The summed E-state index contributed by atoms with van der Waals surface area (Å²) in [6.07, 6.45) is 5.39. The highest BCUT2D eigenvalue weighted by molar-refractivity contribution is 5.81. The van der Waals surface area contributed by atoms with Gasteiger partial charge in [-0.25, -0.2) is 4.79 Å². The fourth-order valence-corrected chi connectivity index (χ4v) is 2.57. The zero-order valence-corrected chi connectivity index (χ0v) is 9.16. The average Bonchev–Trinajstić information content (AvgIpc) is 2.55. The Balaban J connectivity index is 2.37. The third-order valence-electron chi connectivity index (χ3n) is 3.38. The Morgan fingerprint density at radius 1 is 0.938 bits per heavy atom. The van der Waals surface area contributed by atoms with E-state index in [1.54, 1.807) is 0 Å². The summed E-state index contributed by atoms with van der Waals surface area (Å²) in [6, 6.07) is 7.85. The Kier molecular flexibility index (Phi) is 2.28. The van der Waals surface area contributed by atoms with Crippen LogP contribution in [0.3, 0.4) is 0 Å². The molecule has 0 aliphatic heterocycles. The largest absolute Gasteiger partial charge is 0.423 e. The molecule has 0 spiro atoms. The second kappa shape index (κ2) is 3.78. The average molecular weight is 214 g/mol. The summed E-state index contributed by atoms with van der Waals surface area (Å²) in [7, 11) is 0. The molecule has 0 saturated heterocycles. The number of rotatable bonds is 0. The van der Waals surface area contributed by atoms with Crippen LogP contribution >= 0.6 is 0 Å². The molecular formula is C14H14O2. The van der Waals surface area contributed by atoms with Gasteiger partial charge < -0.3 is 4.42 Å². The topological polar surface area (TPSA) is 30.2 Å². The fourth-order valence-electron chi connectivity index (χ4n) is 2.57. The predicted octanol–water partition coefficient (Wildman–Crippen LogP) is 3.06. The van der Waals surface area contributed by atoms with Crippen molar-refractivity contribution >= 4 is 11.0 Å². The summed E-state index contributed by atoms with van der Waals surface area (Å²) in [4.78, 5) is 11.9. The van der Waals surface area contributed by atoms with Crippen molar-refractivity contribution < 1.29 is 4.42 Å². The molecule has 82 valence electrons. The third-order valence-corrected chi connectivity index (χ3v) is 3.38. The number of hydrogen-bond donors (Lipinski definition) is 0. The smallest absolute Gasteiger partial charge is 0.339 e. The molecule has 0 unspecified atom stereocenters. The standard InChI is InChI=1S/C14H14O2/c15-14-12-8-3-1-2-6-10(12)11-7-4-5-9-13(11)16-14/h4-5,7,9H,1-3,6,8H2. The molecule has 1 aromatic heterocycles. The van der Waals surface area contributed by atoms with Crippen molar-refractivity contribution in [2.45, 2.75) is 32.1 Å². The highest BCUT2D eigenvalue weighted by atomic mass is 16.4. The van der Waals surface area contributed by atoms with Gasteiger partial charge in [0.25, 0.3) is 0 Å². The van der Waals surface area contributed by atoms with Crippen LogP contribution < -0.4 is 5.63 Å². The van der Waals surface area contributed by atoms with E-state index < -0.39 is 0 Å². The van der Waals surface area contributed by atoms with Crippen LogP contribution in [0.1, 0.15) is 30.4 Å². The van der Waals surface area contributed by atoms with E-state index in [2.05, 4.69) is 6.07 Å². The van der Waals surface area contributed by atoms with Gasteiger partial charge in [-0.3, -0.25) is 0 Å². The zero-order valence-electron chi connectivity index (χ0n) is 9.16. The maximum atomic E-state index is 11.9. The quantitative estimate of drug-likeness (QED) is 0.498. The van der Waals surface area contributed by atoms with Crippen LogP contribution in [0.5, 0.6) is 0 Å². The lowest BCUT2D eigenvalue weighted by molar-refractivity contribution is 0.547. The number of hydrogen-bond acceptors (Lipinski definition) is 2. The maximum absolute atomic E-state index is 11.9. The highest BCUT2D eigenvalue weighted by Crippen LogP contribution is 2.25. The summed E-state index contributed by atoms with van der Waals surface area (Å²) in [6.45, 7) is 0. The minimum atomic E-state index is -0.129. The van der Waals surface area contributed by atoms with E-state index in [4.69, 9.17) is 4.42 Å². The number of fused-ring (bicyclic) bond motifs is 3. The molecule has 1 aromatic carbocycles. The molecule has 16 heavy (non-hydrogen) atoms. The van der Waals surface area contributed by atoms with Crippen molar-refractivity contribution in [3.8, 4) is 0 Å². The minimum absolute atomic E-state index is 0.129. The van der Waals surface area contributed by atoms with Crippen molar-refractivity contribution in [3.63, 3.8) is 0 Å². The van der Waals surface area contributed by atoms with Gasteiger partial charge in [-0.05, 0) is 37.3 Å². The molecule has 0 bridgehead atoms. The first kappa shape index (κ1) is 9.64. The van der Waals surface area contributed by atoms with E-state index in [-0.39, 0.29) is 5.63 Å². The van der Waals surface area contributed by atoms with E-state index in [0.29, 0.717) is 0 Å². The Morgan fingerprint density at radius 2 is 1.69 bits per heavy atom. The molecule has 1 heterocycles. The normalized spacial score (nSPS) is 15.8. The van der Waals surface area contributed by atoms with Crippen molar-refractivity contribution in [3.05, 3.63) is 45.8 Å².